The summed E-state index contributed by atoms with van der Waals surface area (Å²) >= 11 is 0. The number of benzene rings is 1. The van der Waals surface area contributed by atoms with Gasteiger partial charge in [0.1, 0.15) is 5.69 Å². The third-order valence-electron chi connectivity index (χ3n) is 5.99. The predicted octanol–water partition coefficient (Wildman–Crippen LogP) is 3.66. The molecule has 1 N–H and O–H groups in total. The van der Waals surface area contributed by atoms with Crippen molar-refractivity contribution in [1.29, 1.82) is 0 Å². The van der Waals surface area contributed by atoms with Crippen LogP contribution >= 0.6 is 0 Å². The van der Waals surface area contributed by atoms with E-state index in [-0.39, 0.29) is 11.8 Å². The van der Waals surface area contributed by atoms with Crippen molar-refractivity contribution < 1.29 is 14.1 Å². The SMILES string of the molecule is C[C@@H]1CCC(n2ccc3c4c(C5CCC(=O)NC5=O)noc4ccc32)C1. The molecule has 2 fully saturated rings. The molecule has 0 radical (unpaired) electrons. The molecule has 5 rings (SSSR count). The Morgan fingerprint density at radius 1 is 1.19 bits per heavy atom. The molecule has 1 aliphatic carbocycles. The lowest BCUT2D eigenvalue weighted by molar-refractivity contribution is -0.134. The molecule has 3 aromatic rings. The van der Waals surface area contributed by atoms with Gasteiger partial charge >= 0.3 is 0 Å². The molecule has 1 saturated heterocycles. The maximum atomic E-state index is 12.3. The molecule has 26 heavy (non-hydrogen) atoms. The Bertz CT molecular complexity index is 1030. The van der Waals surface area contributed by atoms with E-state index in [2.05, 4.69) is 40.3 Å². The van der Waals surface area contributed by atoms with Gasteiger partial charge in [-0.2, -0.15) is 0 Å². The van der Waals surface area contributed by atoms with Gasteiger partial charge in [-0.15, -0.1) is 0 Å². The summed E-state index contributed by atoms with van der Waals surface area (Å²) in [6, 6.07) is 6.65. The Kier molecular flexibility index (Phi) is 3.42. The van der Waals surface area contributed by atoms with Crippen LogP contribution < -0.4 is 5.32 Å². The molecule has 2 aliphatic rings. The first-order chi connectivity index (χ1) is 12.6. The minimum atomic E-state index is -0.436. The Labute approximate surface area is 150 Å². The number of amides is 2. The van der Waals surface area contributed by atoms with Crippen LogP contribution in [0.1, 0.15) is 56.7 Å². The normalized spacial score (nSPS) is 26.7. The number of carbonyl (C=O) groups is 2. The summed E-state index contributed by atoms with van der Waals surface area (Å²) in [6.07, 6.45) is 6.62. The molecule has 0 bridgehead atoms. The fourth-order valence-electron chi connectivity index (χ4n) is 4.64. The van der Waals surface area contributed by atoms with Gasteiger partial charge in [0.25, 0.3) is 0 Å². The van der Waals surface area contributed by atoms with E-state index in [0.29, 0.717) is 30.2 Å². The molecular weight excluding hydrogens is 330 g/mol. The van der Waals surface area contributed by atoms with Crippen LogP contribution in [0.3, 0.4) is 0 Å². The van der Waals surface area contributed by atoms with E-state index in [9.17, 15) is 9.59 Å². The van der Waals surface area contributed by atoms with Gasteiger partial charge in [-0.3, -0.25) is 14.9 Å². The molecule has 0 spiro atoms. The maximum absolute atomic E-state index is 12.3. The van der Waals surface area contributed by atoms with Crippen LogP contribution in [0.15, 0.2) is 28.9 Å². The van der Waals surface area contributed by atoms with E-state index in [1.807, 2.05) is 6.07 Å². The minimum Gasteiger partial charge on any atom is -0.356 e. The van der Waals surface area contributed by atoms with Gasteiger partial charge in [-0.25, -0.2) is 0 Å². The molecule has 3 atom stereocenters. The number of hydrogen-bond donors (Lipinski definition) is 1. The zero-order valence-corrected chi connectivity index (χ0v) is 14.7. The van der Waals surface area contributed by atoms with Gasteiger partial charge < -0.3 is 9.09 Å². The van der Waals surface area contributed by atoms with Crippen LogP contribution in [0, 0.1) is 5.92 Å². The highest BCUT2D eigenvalue weighted by Gasteiger charge is 2.33. The van der Waals surface area contributed by atoms with Gasteiger partial charge in [0.2, 0.25) is 11.8 Å². The Hall–Kier alpha value is -2.63. The average Bonchev–Trinajstić information content (AvgIpc) is 3.31. The largest absolute Gasteiger partial charge is 0.356 e. The molecule has 2 aromatic heterocycles. The van der Waals surface area contributed by atoms with E-state index in [0.717, 1.165) is 22.2 Å². The zero-order chi connectivity index (χ0) is 17.8. The highest BCUT2D eigenvalue weighted by Crippen LogP contribution is 2.40. The van der Waals surface area contributed by atoms with Gasteiger partial charge in [0, 0.05) is 29.6 Å². The molecule has 2 unspecified atom stereocenters. The number of aromatic nitrogens is 2. The van der Waals surface area contributed by atoms with Crippen molar-refractivity contribution in [3.8, 4) is 0 Å². The molecule has 2 amide bonds. The lowest BCUT2D eigenvalue weighted by atomic mass is 9.92. The van der Waals surface area contributed by atoms with E-state index in [1.165, 1.54) is 19.3 Å². The molecular formula is C20H21N3O3. The average molecular weight is 351 g/mol. The number of carbonyl (C=O) groups excluding carboxylic acids is 2. The highest BCUT2D eigenvalue weighted by atomic mass is 16.5. The third-order valence-corrected chi connectivity index (χ3v) is 5.99. The summed E-state index contributed by atoms with van der Waals surface area (Å²) in [4.78, 5) is 23.8. The fraction of sp³-hybridized carbons (Fsp3) is 0.450. The van der Waals surface area contributed by atoms with Crippen LogP contribution in [0.2, 0.25) is 0 Å². The number of fused-ring (bicyclic) bond motifs is 3. The first-order valence-electron chi connectivity index (χ1n) is 9.34. The third kappa shape index (κ3) is 2.28. The lowest BCUT2D eigenvalue weighted by Gasteiger charge is -2.19. The summed E-state index contributed by atoms with van der Waals surface area (Å²) in [5.74, 6) is -0.173. The van der Waals surface area contributed by atoms with Gasteiger partial charge in [-0.1, -0.05) is 12.1 Å². The zero-order valence-electron chi connectivity index (χ0n) is 14.7. The van der Waals surface area contributed by atoms with E-state index < -0.39 is 5.92 Å². The minimum absolute atomic E-state index is 0.217. The number of nitrogens with one attached hydrogen (secondary N) is 1. The Morgan fingerprint density at radius 2 is 2.08 bits per heavy atom. The number of hydrogen-bond acceptors (Lipinski definition) is 4. The summed E-state index contributed by atoms with van der Waals surface area (Å²) in [5, 5.41) is 8.60. The highest BCUT2D eigenvalue weighted by molar-refractivity contribution is 6.09. The standard InChI is InChI=1S/C20H21N3O3/c1-11-2-3-12(10-11)23-9-8-13-15(23)5-6-16-18(13)19(22-26-16)14-4-7-17(24)21-20(14)25/h5-6,8-9,11-12,14H,2-4,7,10H2,1H3,(H,21,24,25)/t11-,12?,14?/m1/s1. The number of piperidine rings is 1. The molecule has 134 valence electrons. The smallest absolute Gasteiger partial charge is 0.235 e. The van der Waals surface area contributed by atoms with E-state index in [1.54, 1.807) is 0 Å². The Balaban J connectivity index is 1.64. The van der Waals surface area contributed by atoms with Gasteiger partial charge in [-0.05, 0) is 49.8 Å². The fourth-order valence-corrected chi connectivity index (χ4v) is 4.64. The van der Waals surface area contributed by atoms with Gasteiger partial charge in [0.05, 0.1) is 11.3 Å². The number of nitrogens with zero attached hydrogens (tertiary/aromatic N) is 2. The predicted molar refractivity (Wildman–Crippen MR) is 96.7 cm³/mol. The summed E-state index contributed by atoms with van der Waals surface area (Å²) in [6.45, 7) is 2.31. The van der Waals surface area contributed by atoms with E-state index in [4.69, 9.17) is 4.52 Å². The second-order valence-corrected chi connectivity index (χ2v) is 7.74. The van der Waals surface area contributed by atoms with Crippen LogP contribution in [-0.4, -0.2) is 21.5 Å². The van der Waals surface area contributed by atoms with Crippen molar-refractivity contribution in [3.05, 3.63) is 30.1 Å². The quantitative estimate of drug-likeness (QED) is 0.715. The molecule has 1 saturated carbocycles. The molecule has 1 aromatic carbocycles. The second kappa shape index (κ2) is 5.69. The molecule has 6 heteroatoms. The van der Waals surface area contributed by atoms with Crippen molar-refractivity contribution >= 4 is 33.7 Å². The Morgan fingerprint density at radius 3 is 2.85 bits per heavy atom. The van der Waals surface area contributed by atoms with Crippen molar-refractivity contribution in [1.82, 2.24) is 15.0 Å². The molecule has 1 aliphatic heterocycles. The summed E-state index contributed by atoms with van der Waals surface area (Å²) in [5.41, 5.74) is 2.50. The number of rotatable bonds is 2. The molecule has 3 heterocycles. The number of imide groups is 1. The van der Waals surface area contributed by atoms with Crippen molar-refractivity contribution in [3.63, 3.8) is 0 Å². The second-order valence-electron chi connectivity index (χ2n) is 7.74. The van der Waals surface area contributed by atoms with Crippen molar-refractivity contribution in [2.45, 2.75) is 51.0 Å². The topological polar surface area (TPSA) is 77.1 Å². The van der Waals surface area contributed by atoms with Crippen LogP contribution in [0.5, 0.6) is 0 Å². The molecule has 6 nitrogen and oxygen atoms in total. The van der Waals surface area contributed by atoms with Crippen LogP contribution in [-0.2, 0) is 9.59 Å². The van der Waals surface area contributed by atoms with Crippen molar-refractivity contribution in [2.75, 3.05) is 0 Å². The first-order valence-corrected chi connectivity index (χ1v) is 9.34. The van der Waals surface area contributed by atoms with Crippen molar-refractivity contribution in [2.24, 2.45) is 5.92 Å². The lowest BCUT2D eigenvalue weighted by Crippen LogP contribution is -2.39. The van der Waals surface area contributed by atoms with Crippen LogP contribution in [0.4, 0.5) is 0 Å². The van der Waals surface area contributed by atoms with Crippen LogP contribution in [0.25, 0.3) is 21.9 Å². The van der Waals surface area contributed by atoms with Gasteiger partial charge in [0.15, 0.2) is 5.58 Å². The maximum Gasteiger partial charge on any atom is 0.235 e. The monoisotopic (exact) mass is 351 g/mol. The summed E-state index contributed by atoms with van der Waals surface area (Å²) in [7, 11) is 0. The first kappa shape index (κ1) is 15.6. The summed E-state index contributed by atoms with van der Waals surface area (Å²) < 4.78 is 7.87. The van der Waals surface area contributed by atoms with E-state index >= 15 is 0 Å².